The van der Waals surface area contributed by atoms with Gasteiger partial charge in [-0.05, 0) is 36.4 Å². The quantitative estimate of drug-likeness (QED) is 0.829. The summed E-state index contributed by atoms with van der Waals surface area (Å²) in [5, 5.41) is 18.7. The molecule has 0 heterocycles. The van der Waals surface area contributed by atoms with Crippen LogP contribution in [0.15, 0.2) is 46.2 Å². The normalized spacial score (nSPS) is 11.3. The van der Waals surface area contributed by atoms with Gasteiger partial charge in [0.05, 0.1) is 37.2 Å². The first kappa shape index (κ1) is 17.3. The van der Waals surface area contributed by atoms with E-state index in [0.29, 0.717) is 22.6 Å². The first-order valence-electron chi connectivity index (χ1n) is 6.78. The van der Waals surface area contributed by atoms with E-state index in [4.69, 9.17) is 9.47 Å². The third kappa shape index (κ3) is 3.31. The highest BCUT2D eigenvalue weighted by Crippen LogP contribution is 2.29. The Bertz CT molecular complexity index is 737. The second-order valence-electron chi connectivity index (χ2n) is 4.77. The highest BCUT2D eigenvalue weighted by Gasteiger charge is 2.20. The zero-order valence-corrected chi connectivity index (χ0v) is 13.6. The lowest BCUT2D eigenvalue weighted by atomic mass is 10.2. The summed E-state index contributed by atoms with van der Waals surface area (Å²) in [7, 11) is -0.899. The average molecular weight is 338 g/mol. The maximum atomic E-state index is 12.7. The molecule has 7 heteroatoms. The summed E-state index contributed by atoms with van der Waals surface area (Å²) in [4.78, 5) is 0.0767. The minimum absolute atomic E-state index is 0.0383. The van der Waals surface area contributed by atoms with Gasteiger partial charge in [-0.15, -0.1) is 0 Å². The van der Waals surface area contributed by atoms with Gasteiger partial charge < -0.3 is 19.7 Å². The van der Waals surface area contributed by atoms with E-state index in [1.807, 2.05) is 0 Å². The zero-order chi connectivity index (χ0) is 17.0. The van der Waals surface area contributed by atoms with Gasteiger partial charge in [0.2, 0.25) is 9.84 Å². The molecule has 0 bridgehead atoms. The van der Waals surface area contributed by atoms with E-state index in [1.165, 1.54) is 50.6 Å². The van der Waals surface area contributed by atoms with Crippen molar-refractivity contribution < 1.29 is 28.1 Å². The van der Waals surface area contributed by atoms with Crippen LogP contribution in [-0.2, 0) is 23.1 Å². The minimum atomic E-state index is -3.79. The van der Waals surface area contributed by atoms with Crippen molar-refractivity contribution in [3.63, 3.8) is 0 Å². The summed E-state index contributed by atoms with van der Waals surface area (Å²) in [5.74, 6) is 0.828. The van der Waals surface area contributed by atoms with E-state index in [9.17, 15) is 18.6 Å². The SMILES string of the molecule is COc1ccc(S(=O)(=O)c2ccc(OC)c(CO)c2)cc1CO. The molecule has 6 nitrogen and oxygen atoms in total. The van der Waals surface area contributed by atoms with Crippen LogP contribution >= 0.6 is 0 Å². The van der Waals surface area contributed by atoms with E-state index in [-0.39, 0.29) is 23.0 Å². The Morgan fingerprint density at radius 2 is 1.22 bits per heavy atom. The summed E-state index contributed by atoms with van der Waals surface area (Å²) in [6.07, 6.45) is 0. The largest absolute Gasteiger partial charge is 0.496 e. The standard InChI is InChI=1S/C16H18O6S/c1-21-15-5-3-13(7-11(15)9-17)23(19,20)14-4-6-16(22-2)12(8-14)10-18/h3-8,17-18H,9-10H2,1-2H3. The molecule has 0 saturated heterocycles. The fourth-order valence-electron chi connectivity index (χ4n) is 2.23. The smallest absolute Gasteiger partial charge is 0.206 e. The fourth-order valence-corrected chi connectivity index (χ4v) is 3.59. The van der Waals surface area contributed by atoms with Crippen LogP contribution in [0.1, 0.15) is 11.1 Å². The number of benzene rings is 2. The van der Waals surface area contributed by atoms with E-state index in [2.05, 4.69) is 0 Å². The van der Waals surface area contributed by atoms with Crippen LogP contribution in [0.25, 0.3) is 0 Å². The Morgan fingerprint density at radius 3 is 1.52 bits per heavy atom. The number of ether oxygens (including phenoxy) is 2. The second-order valence-corrected chi connectivity index (χ2v) is 6.72. The molecule has 0 aliphatic heterocycles. The molecule has 2 N–H and O–H groups in total. The predicted octanol–water partition coefficient (Wildman–Crippen LogP) is 1.52. The van der Waals surface area contributed by atoms with Gasteiger partial charge in [0.15, 0.2) is 0 Å². The summed E-state index contributed by atoms with van der Waals surface area (Å²) in [6, 6.07) is 8.56. The van der Waals surface area contributed by atoms with Crippen LogP contribution in [-0.4, -0.2) is 32.9 Å². The van der Waals surface area contributed by atoms with Crippen molar-refractivity contribution in [1.82, 2.24) is 0 Å². The molecule has 0 fully saturated rings. The third-order valence-electron chi connectivity index (χ3n) is 3.47. The molecule has 2 aromatic carbocycles. The Morgan fingerprint density at radius 1 is 0.826 bits per heavy atom. The Kier molecular flexibility index (Phi) is 5.25. The molecule has 0 atom stereocenters. The van der Waals surface area contributed by atoms with Crippen molar-refractivity contribution >= 4 is 9.84 Å². The maximum Gasteiger partial charge on any atom is 0.206 e. The van der Waals surface area contributed by atoms with Crippen LogP contribution in [0.3, 0.4) is 0 Å². The van der Waals surface area contributed by atoms with Gasteiger partial charge in [0.1, 0.15) is 11.5 Å². The van der Waals surface area contributed by atoms with E-state index < -0.39 is 9.84 Å². The number of methoxy groups -OCH3 is 2. The number of rotatable bonds is 6. The average Bonchev–Trinajstić information content (AvgIpc) is 2.60. The van der Waals surface area contributed by atoms with Gasteiger partial charge >= 0.3 is 0 Å². The summed E-state index contributed by atoms with van der Waals surface area (Å²) < 4.78 is 35.6. The molecule has 0 radical (unpaired) electrons. The fraction of sp³-hybridized carbons (Fsp3) is 0.250. The molecular formula is C16H18O6S. The summed E-state index contributed by atoms with van der Waals surface area (Å²) in [6.45, 7) is -0.673. The predicted molar refractivity (Wildman–Crippen MR) is 83.3 cm³/mol. The van der Waals surface area contributed by atoms with E-state index in [0.717, 1.165) is 0 Å². The van der Waals surface area contributed by atoms with Gasteiger partial charge in [0.25, 0.3) is 0 Å². The molecule has 0 unspecified atom stereocenters. The molecular weight excluding hydrogens is 320 g/mol. The molecule has 0 aromatic heterocycles. The lowest BCUT2D eigenvalue weighted by molar-refractivity contribution is 0.273. The molecule has 0 aliphatic carbocycles. The van der Waals surface area contributed by atoms with Gasteiger partial charge in [0, 0.05) is 11.1 Å². The van der Waals surface area contributed by atoms with Crippen LogP contribution in [0, 0.1) is 0 Å². The first-order chi connectivity index (χ1) is 11.0. The lowest BCUT2D eigenvalue weighted by Crippen LogP contribution is -2.05. The third-order valence-corrected chi connectivity index (χ3v) is 5.21. The van der Waals surface area contributed by atoms with Gasteiger partial charge in [-0.2, -0.15) is 0 Å². The molecule has 124 valence electrons. The minimum Gasteiger partial charge on any atom is -0.496 e. The van der Waals surface area contributed by atoms with Crippen molar-refractivity contribution in [3.8, 4) is 11.5 Å². The van der Waals surface area contributed by atoms with Crippen molar-refractivity contribution in [3.05, 3.63) is 47.5 Å². The Hall–Kier alpha value is -2.09. The first-order valence-corrected chi connectivity index (χ1v) is 8.27. The van der Waals surface area contributed by atoms with Gasteiger partial charge in [-0.25, -0.2) is 8.42 Å². The number of aliphatic hydroxyl groups is 2. The van der Waals surface area contributed by atoms with Crippen LogP contribution in [0.4, 0.5) is 0 Å². The summed E-state index contributed by atoms with van der Waals surface area (Å²) in [5.41, 5.74) is 0.758. The van der Waals surface area contributed by atoms with E-state index >= 15 is 0 Å². The number of hydrogen-bond acceptors (Lipinski definition) is 6. The molecule has 23 heavy (non-hydrogen) atoms. The van der Waals surface area contributed by atoms with Crippen LogP contribution in [0.2, 0.25) is 0 Å². The highest BCUT2D eigenvalue weighted by atomic mass is 32.2. The monoisotopic (exact) mass is 338 g/mol. The number of hydrogen-bond donors (Lipinski definition) is 2. The van der Waals surface area contributed by atoms with Crippen molar-refractivity contribution in [2.24, 2.45) is 0 Å². The zero-order valence-electron chi connectivity index (χ0n) is 12.8. The number of aliphatic hydroxyl groups excluding tert-OH is 2. The molecule has 0 spiro atoms. The highest BCUT2D eigenvalue weighted by molar-refractivity contribution is 7.91. The molecule has 2 rings (SSSR count). The van der Waals surface area contributed by atoms with E-state index in [1.54, 1.807) is 0 Å². The molecule has 2 aromatic rings. The molecule has 0 aliphatic rings. The number of sulfone groups is 1. The topological polar surface area (TPSA) is 93.1 Å². The summed E-state index contributed by atoms with van der Waals surface area (Å²) >= 11 is 0. The van der Waals surface area contributed by atoms with Gasteiger partial charge in [-0.3, -0.25) is 0 Å². The maximum absolute atomic E-state index is 12.7. The van der Waals surface area contributed by atoms with Crippen molar-refractivity contribution in [2.45, 2.75) is 23.0 Å². The lowest BCUT2D eigenvalue weighted by Gasteiger charge is -2.12. The van der Waals surface area contributed by atoms with Crippen molar-refractivity contribution in [1.29, 1.82) is 0 Å². The Labute approximate surface area is 134 Å². The molecule has 0 amide bonds. The molecule has 0 saturated carbocycles. The van der Waals surface area contributed by atoms with Crippen LogP contribution < -0.4 is 9.47 Å². The second kappa shape index (κ2) is 6.99. The van der Waals surface area contributed by atoms with Crippen molar-refractivity contribution in [2.75, 3.05) is 14.2 Å². The van der Waals surface area contributed by atoms with Crippen LogP contribution in [0.5, 0.6) is 11.5 Å². The van der Waals surface area contributed by atoms with Gasteiger partial charge in [-0.1, -0.05) is 0 Å². The Balaban J connectivity index is 2.54.